The molecule has 0 aromatic rings. The van der Waals surface area contributed by atoms with E-state index in [1.165, 1.54) is 11.6 Å². The minimum Gasteiger partial charge on any atom is -0.507 e. The summed E-state index contributed by atoms with van der Waals surface area (Å²) in [7, 11) is 0. The van der Waals surface area contributed by atoms with Gasteiger partial charge < -0.3 is 5.11 Å². The van der Waals surface area contributed by atoms with E-state index < -0.39 is 5.91 Å². The Kier molecular flexibility index (Phi) is 2.77. The van der Waals surface area contributed by atoms with E-state index in [0.717, 1.165) is 0 Å². The summed E-state index contributed by atoms with van der Waals surface area (Å²) in [6.45, 7) is 0. The second-order valence-electron chi connectivity index (χ2n) is 1.77. The predicted octanol–water partition coefficient (Wildman–Crippen LogP) is 0.604. The number of halogens is 1. The van der Waals surface area contributed by atoms with Crippen LogP contribution in [0.5, 0.6) is 0 Å². The summed E-state index contributed by atoms with van der Waals surface area (Å²) < 4.78 is 3.42. The van der Waals surface area contributed by atoms with Crippen LogP contribution < -0.4 is 5.48 Å². The van der Waals surface area contributed by atoms with Crippen LogP contribution in [0.4, 0.5) is 0 Å². The van der Waals surface area contributed by atoms with Crippen molar-refractivity contribution in [3.05, 3.63) is 21.5 Å². The summed E-state index contributed by atoms with van der Waals surface area (Å²) >= 11 is -0.259. The third-order valence-electron chi connectivity index (χ3n) is 1.09. The van der Waals surface area contributed by atoms with Crippen molar-refractivity contribution in [1.82, 2.24) is 5.48 Å². The SMILES string of the molecule is O=C(NO)C1=C(O)C=IC=C1. The Labute approximate surface area is 72.9 Å². The van der Waals surface area contributed by atoms with Crippen molar-refractivity contribution in [3.8, 4) is 0 Å². The molecule has 1 rings (SSSR count). The zero-order valence-electron chi connectivity index (χ0n) is 5.41. The van der Waals surface area contributed by atoms with Crippen LogP contribution in [0, 0.1) is 0 Å². The van der Waals surface area contributed by atoms with Crippen molar-refractivity contribution in [2.24, 2.45) is 0 Å². The number of aliphatic hydroxyl groups excluding tert-OH is 1. The second-order valence-corrected chi connectivity index (χ2v) is 3.83. The third kappa shape index (κ3) is 1.87. The molecule has 11 heavy (non-hydrogen) atoms. The van der Waals surface area contributed by atoms with E-state index >= 15 is 0 Å². The van der Waals surface area contributed by atoms with Crippen LogP contribution in [-0.4, -0.2) is 20.2 Å². The maximum absolute atomic E-state index is 10.7. The average Bonchev–Trinajstić information content (AvgIpc) is 2.04. The fraction of sp³-hybridized carbons (Fsp3) is 0. The zero-order valence-corrected chi connectivity index (χ0v) is 7.57. The van der Waals surface area contributed by atoms with Gasteiger partial charge in [0.05, 0.1) is 5.57 Å². The van der Waals surface area contributed by atoms with Crippen molar-refractivity contribution in [2.75, 3.05) is 0 Å². The Balaban J connectivity index is 2.95. The lowest BCUT2D eigenvalue weighted by atomic mass is 10.2. The van der Waals surface area contributed by atoms with E-state index in [9.17, 15) is 4.79 Å². The molecule has 0 fully saturated rings. The molecule has 0 saturated carbocycles. The van der Waals surface area contributed by atoms with Crippen molar-refractivity contribution in [2.45, 2.75) is 0 Å². The fourth-order valence-corrected chi connectivity index (χ4v) is 2.04. The number of hydroxylamine groups is 1. The molecular weight excluding hydrogens is 261 g/mol. The summed E-state index contributed by atoms with van der Waals surface area (Å²) in [6.07, 6.45) is 1.51. The Bertz CT molecular complexity index is 267. The third-order valence-corrected chi connectivity index (χ3v) is 2.82. The van der Waals surface area contributed by atoms with Gasteiger partial charge in [-0.2, -0.15) is 0 Å². The quantitative estimate of drug-likeness (QED) is 0.370. The number of hydrogen-bond donors (Lipinski definition) is 3. The van der Waals surface area contributed by atoms with Crippen molar-refractivity contribution >= 4 is 30.6 Å². The van der Waals surface area contributed by atoms with Crippen LogP contribution in [0.3, 0.4) is 0 Å². The molecule has 1 aliphatic rings. The monoisotopic (exact) mass is 267 g/mol. The van der Waals surface area contributed by atoms with Crippen LogP contribution in [0.25, 0.3) is 0 Å². The van der Waals surface area contributed by atoms with Gasteiger partial charge in [-0.05, 0) is 10.2 Å². The van der Waals surface area contributed by atoms with Gasteiger partial charge in [-0.1, -0.05) is 20.7 Å². The van der Waals surface area contributed by atoms with E-state index in [1.54, 1.807) is 4.01 Å². The van der Waals surface area contributed by atoms with E-state index in [2.05, 4.69) is 0 Å². The molecule has 0 saturated heterocycles. The minimum absolute atomic E-state index is 0.0492. The molecule has 0 atom stereocenters. The van der Waals surface area contributed by atoms with Crippen molar-refractivity contribution in [3.63, 3.8) is 0 Å². The molecule has 4 nitrogen and oxygen atoms in total. The maximum atomic E-state index is 10.7. The molecule has 0 spiro atoms. The largest absolute Gasteiger partial charge is 0.507 e. The van der Waals surface area contributed by atoms with E-state index in [4.69, 9.17) is 10.3 Å². The van der Waals surface area contributed by atoms with Gasteiger partial charge in [0.15, 0.2) is 0 Å². The topological polar surface area (TPSA) is 69.6 Å². The van der Waals surface area contributed by atoms with Gasteiger partial charge in [0.25, 0.3) is 5.91 Å². The molecule has 0 aromatic carbocycles. The number of amides is 1. The van der Waals surface area contributed by atoms with E-state index in [-0.39, 0.29) is 32.1 Å². The van der Waals surface area contributed by atoms with Gasteiger partial charge in [-0.3, -0.25) is 10.0 Å². The number of rotatable bonds is 1. The molecule has 0 radical (unpaired) electrons. The molecule has 1 heterocycles. The van der Waals surface area contributed by atoms with Gasteiger partial charge >= 0.3 is 0 Å². The Hall–Kier alpha value is -0.690. The predicted molar refractivity (Wildman–Crippen MR) is 48.8 cm³/mol. The van der Waals surface area contributed by atoms with Crippen LogP contribution in [-0.2, 0) is 4.79 Å². The van der Waals surface area contributed by atoms with E-state index in [0.29, 0.717) is 0 Å². The lowest BCUT2D eigenvalue weighted by Gasteiger charge is -2.02. The number of hydrogen-bond acceptors (Lipinski definition) is 3. The summed E-state index contributed by atoms with van der Waals surface area (Å²) in [5.74, 6) is -0.731. The van der Waals surface area contributed by atoms with Gasteiger partial charge in [-0.15, -0.1) is 0 Å². The number of carbonyl (C=O) groups excluding carboxylic acids is 1. The number of nitrogens with one attached hydrogen (secondary N) is 1. The highest BCUT2D eigenvalue weighted by molar-refractivity contribution is 14.2. The average molecular weight is 267 g/mol. The summed E-state index contributed by atoms with van der Waals surface area (Å²) in [5.41, 5.74) is 1.56. The van der Waals surface area contributed by atoms with Crippen molar-refractivity contribution in [1.29, 1.82) is 0 Å². The molecule has 1 aliphatic heterocycles. The highest BCUT2D eigenvalue weighted by Gasteiger charge is 2.10. The standard InChI is InChI=1S/C6H6INO3/c9-5-3-7-2-1-4(5)6(10)8-11/h1-3,9,11H,(H,8,10). The maximum Gasteiger partial charge on any atom is 0.278 e. The second kappa shape index (κ2) is 3.63. The van der Waals surface area contributed by atoms with Crippen LogP contribution in [0.2, 0.25) is 0 Å². The molecule has 0 unspecified atom stereocenters. The number of aliphatic hydroxyl groups is 1. The zero-order chi connectivity index (χ0) is 8.27. The van der Waals surface area contributed by atoms with Crippen LogP contribution >= 0.6 is 20.7 Å². The van der Waals surface area contributed by atoms with Gasteiger partial charge in [0.2, 0.25) is 0 Å². The fourth-order valence-electron chi connectivity index (χ4n) is 0.592. The van der Waals surface area contributed by atoms with Crippen molar-refractivity contribution < 1.29 is 15.1 Å². The highest BCUT2D eigenvalue weighted by atomic mass is 127. The molecular formula is C6H6INO3. The Morgan fingerprint density at radius 1 is 1.64 bits per heavy atom. The number of carbonyl (C=O) groups is 1. The van der Waals surface area contributed by atoms with Crippen LogP contribution in [0.1, 0.15) is 0 Å². The van der Waals surface area contributed by atoms with Gasteiger partial charge in [0, 0.05) is 4.01 Å². The highest BCUT2D eigenvalue weighted by Crippen LogP contribution is 2.14. The van der Waals surface area contributed by atoms with Gasteiger partial charge in [-0.25, -0.2) is 5.48 Å². The number of allylic oxidation sites excluding steroid dienone is 1. The molecule has 60 valence electrons. The molecule has 1 amide bonds. The lowest BCUT2D eigenvalue weighted by molar-refractivity contribution is -0.125. The van der Waals surface area contributed by atoms with Gasteiger partial charge in [0.1, 0.15) is 5.76 Å². The summed E-state index contributed by atoms with van der Waals surface area (Å²) in [5, 5.41) is 17.3. The first-order valence-electron chi connectivity index (χ1n) is 2.75. The molecule has 0 aromatic heterocycles. The van der Waals surface area contributed by atoms with E-state index in [1.807, 2.05) is 4.08 Å². The lowest BCUT2D eigenvalue weighted by Crippen LogP contribution is -2.21. The first-order chi connectivity index (χ1) is 5.25. The first kappa shape index (κ1) is 8.41. The summed E-state index contributed by atoms with van der Waals surface area (Å²) in [4.78, 5) is 10.7. The summed E-state index contributed by atoms with van der Waals surface area (Å²) in [6, 6.07) is 0. The molecule has 0 bridgehead atoms. The normalized spacial score (nSPS) is 16.1. The van der Waals surface area contributed by atoms with Crippen LogP contribution in [0.15, 0.2) is 21.5 Å². The molecule has 3 N–H and O–H groups in total. The minimum atomic E-state index is -0.682. The molecule has 5 heteroatoms. The first-order valence-corrected chi connectivity index (χ1v) is 5.24. The molecule has 0 aliphatic carbocycles. The smallest absolute Gasteiger partial charge is 0.278 e. The Morgan fingerprint density at radius 2 is 2.36 bits per heavy atom. The Morgan fingerprint density at radius 3 is 2.91 bits per heavy atom.